The second-order valence-electron chi connectivity index (χ2n) is 5.29. The molecule has 20 heavy (non-hydrogen) atoms. The highest BCUT2D eigenvalue weighted by Gasteiger charge is 2.11. The van der Waals surface area contributed by atoms with Crippen LogP contribution in [0.15, 0.2) is 0 Å². The van der Waals surface area contributed by atoms with Gasteiger partial charge in [0, 0.05) is 32.6 Å². The number of hydrogen-bond acceptors (Lipinski definition) is 3. The Bertz CT molecular complexity index is 443. The third kappa shape index (κ3) is 5.13. The summed E-state index contributed by atoms with van der Waals surface area (Å²) < 4.78 is 1.89. The number of aromatic nitrogens is 2. The van der Waals surface area contributed by atoms with E-state index in [9.17, 15) is 4.79 Å². The van der Waals surface area contributed by atoms with Crippen molar-refractivity contribution in [1.29, 1.82) is 0 Å². The fourth-order valence-corrected chi connectivity index (χ4v) is 2.06. The van der Waals surface area contributed by atoms with Crippen LogP contribution in [-0.4, -0.2) is 28.8 Å². The Balaban J connectivity index is 2.33. The van der Waals surface area contributed by atoms with Gasteiger partial charge in [0.15, 0.2) is 0 Å². The number of halogens is 1. The van der Waals surface area contributed by atoms with Gasteiger partial charge < -0.3 is 10.6 Å². The van der Waals surface area contributed by atoms with E-state index in [4.69, 9.17) is 11.6 Å². The number of nitrogens with one attached hydrogen (secondary N) is 2. The summed E-state index contributed by atoms with van der Waals surface area (Å²) in [5.41, 5.74) is 1.83. The van der Waals surface area contributed by atoms with Crippen molar-refractivity contribution in [2.75, 3.05) is 13.1 Å². The first kappa shape index (κ1) is 17.0. The molecule has 1 rings (SSSR count). The molecule has 0 saturated heterocycles. The predicted octanol–water partition coefficient (Wildman–Crippen LogP) is 2.12. The highest BCUT2D eigenvalue weighted by atomic mass is 35.5. The Morgan fingerprint density at radius 2 is 2.15 bits per heavy atom. The molecule has 0 aromatic carbocycles. The van der Waals surface area contributed by atoms with Crippen molar-refractivity contribution in [3.63, 3.8) is 0 Å². The van der Waals surface area contributed by atoms with E-state index >= 15 is 0 Å². The average Bonchev–Trinajstić information content (AvgIpc) is 2.68. The average molecular weight is 301 g/mol. The van der Waals surface area contributed by atoms with Crippen molar-refractivity contribution < 1.29 is 4.79 Å². The molecule has 1 amide bonds. The van der Waals surface area contributed by atoms with Gasteiger partial charge in [0.25, 0.3) is 0 Å². The third-order valence-corrected chi connectivity index (χ3v) is 3.47. The predicted molar refractivity (Wildman–Crippen MR) is 81.8 cm³/mol. The fourth-order valence-electron chi connectivity index (χ4n) is 1.85. The Hall–Kier alpha value is -1.07. The molecule has 0 aliphatic carbocycles. The molecule has 1 aromatic rings. The Morgan fingerprint density at radius 1 is 1.45 bits per heavy atom. The van der Waals surface area contributed by atoms with Crippen LogP contribution in [0.3, 0.4) is 0 Å². The van der Waals surface area contributed by atoms with Gasteiger partial charge in [0.1, 0.15) is 0 Å². The van der Waals surface area contributed by atoms with Crippen LogP contribution >= 0.6 is 11.6 Å². The van der Waals surface area contributed by atoms with Gasteiger partial charge in [-0.15, -0.1) is 0 Å². The topological polar surface area (TPSA) is 59.0 Å². The van der Waals surface area contributed by atoms with E-state index in [-0.39, 0.29) is 5.91 Å². The Morgan fingerprint density at radius 3 is 2.75 bits per heavy atom. The van der Waals surface area contributed by atoms with Crippen LogP contribution in [0.25, 0.3) is 0 Å². The molecule has 0 fully saturated rings. The van der Waals surface area contributed by atoms with Gasteiger partial charge in [0.2, 0.25) is 5.91 Å². The molecule has 1 heterocycles. The summed E-state index contributed by atoms with van der Waals surface area (Å²) in [6.45, 7) is 10.9. The smallest absolute Gasteiger partial charge is 0.221 e. The molecule has 0 spiro atoms. The van der Waals surface area contributed by atoms with Crippen molar-refractivity contribution in [2.24, 2.45) is 5.92 Å². The number of carbonyl (C=O) groups excluding carboxylic acids is 1. The van der Waals surface area contributed by atoms with Gasteiger partial charge in [0.05, 0.1) is 16.4 Å². The lowest BCUT2D eigenvalue weighted by Crippen LogP contribution is -2.30. The molecular weight excluding hydrogens is 276 g/mol. The van der Waals surface area contributed by atoms with Crippen molar-refractivity contribution in [3.8, 4) is 0 Å². The van der Waals surface area contributed by atoms with Crippen molar-refractivity contribution in [1.82, 2.24) is 20.4 Å². The summed E-state index contributed by atoms with van der Waals surface area (Å²) >= 11 is 6.22. The minimum Gasteiger partial charge on any atom is -0.356 e. The second kappa shape index (κ2) is 8.27. The zero-order valence-corrected chi connectivity index (χ0v) is 13.5. The van der Waals surface area contributed by atoms with Crippen LogP contribution in [0, 0.1) is 12.8 Å². The number of rotatable bonds is 8. The largest absolute Gasteiger partial charge is 0.356 e. The van der Waals surface area contributed by atoms with E-state index in [1.165, 1.54) is 0 Å². The summed E-state index contributed by atoms with van der Waals surface area (Å²) in [6, 6.07) is 0. The number of carbonyl (C=O) groups is 1. The first-order valence-corrected chi connectivity index (χ1v) is 7.52. The number of nitrogens with zero attached hydrogens (tertiary/aromatic N) is 2. The molecule has 0 saturated carbocycles. The van der Waals surface area contributed by atoms with Crippen molar-refractivity contribution >= 4 is 17.5 Å². The van der Waals surface area contributed by atoms with Crippen LogP contribution < -0.4 is 10.6 Å². The fraction of sp³-hybridized carbons (Fsp3) is 0.714. The molecule has 0 unspecified atom stereocenters. The summed E-state index contributed by atoms with van der Waals surface area (Å²) in [5.74, 6) is 0.560. The summed E-state index contributed by atoms with van der Waals surface area (Å²) in [4.78, 5) is 11.6. The normalized spacial score (nSPS) is 11.1. The third-order valence-electron chi connectivity index (χ3n) is 2.98. The molecule has 0 aliphatic heterocycles. The quantitative estimate of drug-likeness (QED) is 0.723. The van der Waals surface area contributed by atoms with Crippen LogP contribution in [0.5, 0.6) is 0 Å². The van der Waals surface area contributed by atoms with Gasteiger partial charge in [-0.25, -0.2) is 0 Å². The molecular formula is C14H25ClN4O. The molecule has 0 aliphatic rings. The van der Waals surface area contributed by atoms with E-state index in [1.54, 1.807) is 0 Å². The maximum absolute atomic E-state index is 11.6. The standard InChI is InChI=1S/C14H25ClN4O/c1-5-19-12(14(15)11(4)18-19)9-16-7-6-13(20)17-8-10(2)3/h10,16H,5-9H2,1-4H3,(H,17,20). The Kier molecular flexibility index (Phi) is 7.02. The molecule has 6 heteroatoms. The van der Waals surface area contributed by atoms with Crippen molar-refractivity contribution in [3.05, 3.63) is 16.4 Å². The molecule has 0 radical (unpaired) electrons. The lowest BCUT2D eigenvalue weighted by atomic mass is 10.2. The molecule has 5 nitrogen and oxygen atoms in total. The lowest BCUT2D eigenvalue weighted by Gasteiger charge is -2.09. The number of aryl methyl sites for hydroxylation is 2. The lowest BCUT2D eigenvalue weighted by molar-refractivity contribution is -0.121. The molecule has 114 valence electrons. The molecule has 0 atom stereocenters. The van der Waals surface area contributed by atoms with E-state index < -0.39 is 0 Å². The van der Waals surface area contributed by atoms with Gasteiger partial charge in [-0.2, -0.15) is 5.10 Å². The monoisotopic (exact) mass is 300 g/mol. The minimum atomic E-state index is 0.0810. The molecule has 0 bridgehead atoms. The van der Waals surface area contributed by atoms with Crippen LogP contribution in [0.1, 0.15) is 38.6 Å². The molecule has 2 N–H and O–H groups in total. The minimum absolute atomic E-state index is 0.0810. The number of hydrogen-bond donors (Lipinski definition) is 2. The SMILES string of the molecule is CCn1nc(C)c(Cl)c1CNCCC(=O)NCC(C)C. The van der Waals surface area contributed by atoms with E-state index in [2.05, 4.69) is 29.6 Å². The highest BCUT2D eigenvalue weighted by Crippen LogP contribution is 2.19. The molecule has 1 aromatic heterocycles. The first-order chi connectivity index (χ1) is 9.45. The van der Waals surface area contributed by atoms with Crippen LogP contribution in [0.4, 0.5) is 0 Å². The van der Waals surface area contributed by atoms with E-state index in [0.29, 0.717) is 30.5 Å². The second-order valence-corrected chi connectivity index (χ2v) is 5.66. The Labute approximate surface area is 126 Å². The van der Waals surface area contributed by atoms with Crippen LogP contribution in [-0.2, 0) is 17.9 Å². The van der Waals surface area contributed by atoms with Gasteiger partial charge in [-0.1, -0.05) is 25.4 Å². The highest BCUT2D eigenvalue weighted by molar-refractivity contribution is 6.31. The van der Waals surface area contributed by atoms with Gasteiger partial charge in [-0.05, 0) is 19.8 Å². The summed E-state index contributed by atoms with van der Waals surface area (Å²) in [5, 5.41) is 11.2. The first-order valence-electron chi connectivity index (χ1n) is 7.14. The summed E-state index contributed by atoms with van der Waals surface area (Å²) in [6.07, 6.45) is 0.476. The maximum Gasteiger partial charge on any atom is 0.221 e. The van der Waals surface area contributed by atoms with Gasteiger partial charge in [-0.3, -0.25) is 9.48 Å². The maximum atomic E-state index is 11.6. The van der Waals surface area contributed by atoms with Crippen LogP contribution in [0.2, 0.25) is 5.02 Å². The summed E-state index contributed by atoms with van der Waals surface area (Å²) in [7, 11) is 0. The van der Waals surface area contributed by atoms with E-state index in [1.807, 2.05) is 18.5 Å². The van der Waals surface area contributed by atoms with E-state index in [0.717, 1.165) is 24.5 Å². The number of amides is 1. The zero-order chi connectivity index (χ0) is 15.1. The zero-order valence-electron chi connectivity index (χ0n) is 12.8. The van der Waals surface area contributed by atoms with Crippen molar-refractivity contribution in [2.45, 2.75) is 47.2 Å². The van der Waals surface area contributed by atoms with Gasteiger partial charge >= 0.3 is 0 Å².